The lowest BCUT2D eigenvalue weighted by Gasteiger charge is -2.19. The second-order valence-electron chi connectivity index (χ2n) is 4.74. The van der Waals surface area contributed by atoms with Crippen LogP contribution in [0.2, 0.25) is 0 Å². The lowest BCUT2D eigenvalue weighted by Crippen LogP contribution is -2.24. The third-order valence-corrected chi connectivity index (χ3v) is 3.09. The minimum atomic E-state index is -4.29. The van der Waals surface area contributed by atoms with Crippen molar-refractivity contribution < 1.29 is 13.2 Å². The van der Waals surface area contributed by atoms with E-state index in [-0.39, 0.29) is 6.54 Å². The van der Waals surface area contributed by atoms with Gasteiger partial charge in [-0.1, -0.05) is 0 Å². The number of aromatic nitrogens is 6. The fraction of sp³-hybridized carbons (Fsp3) is 0.333. The number of hydrogen-bond donors (Lipinski definition) is 1. The van der Waals surface area contributed by atoms with E-state index in [1.807, 2.05) is 0 Å². The molecule has 3 aromatic rings. The molecule has 3 rings (SSSR count). The molecule has 0 aliphatic heterocycles. The molecule has 10 heteroatoms. The van der Waals surface area contributed by atoms with Gasteiger partial charge in [-0.05, 0) is 0 Å². The predicted molar refractivity (Wildman–Crippen MR) is 72.1 cm³/mol. The summed E-state index contributed by atoms with van der Waals surface area (Å²) in [5.74, 6) is 0.843. The lowest BCUT2D eigenvalue weighted by atomic mass is 10.4. The highest BCUT2D eigenvalue weighted by Gasteiger charge is 2.29. The van der Waals surface area contributed by atoms with Gasteiger partial charge >= 0.3 is 6.18 Å². The number of hydrogen-bond acceptors (Lipinski definition) is 5. The van der Waals surface area contributed by atoms with Crippen molar-refractivity contribution in [2.75, 3.05) is 11.9 Å². The van der Waals surface area contributed by atoms with Crippen LogP contribution in [0, 0.1) is 0 Å². The Bertz CT molecular complexity index is 776. The Hall–Kier alpha value is -2.65. The van der Waals surface area contributed by atoms with Gasteiger partial charge in [0.25, 0.3) is 0 Å². The summed E-state index contributed by atoms with van der Waals surface area (Å²) < 4.78 is 38.7. The zero-order valence-electron chi connectivity index (χ0n) is 11.5. The largest absolute Gasteiger partial charge is 0.406 e. The Morgan fingerprint density at radius 2 is 2.05 bits per heavy atom. The van der Waals surface area contributed by atoms with Gasteiger partial charge in [0.05, 0.1) is 12.9 Å². The number of fused-ring (bicyclic) bond motifs is 1. The average molecular weight is 311 g/mol. The minimum absolute atomic E-state index is 0.175. The molecule has 116 valence electrons. The van der Waals surface area contributed by atoms with E-state index >= 15 is 0 Å². The maximum atomic E-state index is 12.5. The molecule has 0 fully saturated rings. The predicted octanol–water partition coefficient (Wildman–Crippen LogP) is 1.75. The molecule has 0 radical (unpaired) electrons. The van der Waals surface area contributed by atoms with Crippen LogP contribution in [-0.4, -0.2) is 42.7 Å². The Balaban J connectivity index is 1.85. The molecule has 0 aliphatic carbocycles. The molecular weight excluding hydrogens is 299 g/mol. The van der Waals surface area contributed by atoms with Gasteiger partial charge in [-0.15, -0.1) is 0 Å². The topological polar surface area (TPSA) is 75.5 Å². The van der Waals surface area contributed by atoms with Crippen LogP contribution in [0.25, 0.3) is 11.2 Å². The fourth-order valence-electron chi connectivity index (χ4n) is 2.16. The van der Waals surface area contributed by atoms with E-state index in [1.54, 1.807) is 11.9 Å². The number of rotatable bonds is 4. The molecule has 7 nitrogen and oxygen atoms in total. The fourth-order valence-corrected chi connectivity index (χ4v) is 2.16. The van der Waals surface area contributed by atoms with Crippen molar-refractivity contribution in [2.24, 2.45) is 0 Å². The second kappa shape index (κ2) is 5.28. The van der Waals surface area contributed by atoms with Gasteiger partial charge in [-0.25, -0.2) is 19.9 Å². The van der Waals surface area contributed by atoms with Gasteiger partial charge in [-0.3, -0.25) is 0 Å². The van der Waals surface area contributed by atoms with E-state index in [1.165, 1.54) is 25.0 Å². The Morgan fingerprint density at radius 1 is 1.23 bits per heavy atom. The highest BCUT2D eigenvalue weighted by molar-refractivity contribution is 5.82. The number of aromatic amines is 1. The number of nitrogens with zero attached hydrogens (tertiary/aromatic N) is 6. The summed E-state index contributed by atoms with van der Waals surface area (Å²) >= 11 is 0. The first-order valence-electron chi connectivity index (χ1n) is 6.36. The second-order valence-corrected chi connectivity index (χ2v) is 4.74. The van der Waals surface area contributed by atoms with Gasteiger partial charge in [0.1, 0.15) is 24.2 Å². The Morgan fingerprint density at radius 3 is 2.82 bits per heavy atom. The van der Waals surface area contributed by atoms with Crippen molar-refractivity contribution in [3.8, 4) is 0 Å². The van der Waals surface area contributed by atoms with Gasteiger partial charge in [0.15, 0.2) is 11.5 Å². The van der Waals surface area contributed by atoms with Crippen LogP contribution in [0.4, 0.5) is 19.0 Å². The van der Waals surface area contributed by atoms with E-state index in [0.29, 0.717) is 22.8 Å². The Labute approximate surface area is 122 Å². The molecule has 0 aliphatic rings. The van der Waals surface area contributed by atoms with Crippen LogP contribution in [0.5, 0.6) is 0 Å². The Kier molecular flexibility index (Phi) is 3.43. The average Bonchev–Trinajstić information content (AvgIpc) is 3.06. The highest BCUT2D eigenvalue weighted by Crippen LogP contribution is 2.21. The first kappa shape index (κ1) is 14.3. The van der Waals surface area contributed by atoms with Crippen molar-refractivity contribution in [3.05, 3.63) is 30.9 Å². The van der Waals surface area contributed by atoms with Crippen molar-refractivity contribution >= 4 is 17.0 Å². The van der Waals surface area contributed by atoms with Crippen molar-refractivity contribution in [1.82, 2.24) is 29.5 Å². The van der Waals surface area contributed by atoms with Crippen LogP contribution in [0.3, 0.4) is 0 Å². The summed E-state index contributed by atoms with van der Waals surface area (Å²) in [6.07, 6.45) is 1.21. The van der Waals surface area contributed by atoms with E-state index in [4.69, 9.17) is 0 Å². The van der Waals surface area contributed by atoms with Crippen LogP contribution in [0.15, 0.2) is 25.0 Å². The third-order valence-electron chi connectivity index (χ3n) is 3.09. The van der Waals surface area contributed by atoms with Crippen molar-refractivity contribution in [1.29, 1.82) is 0 Å². The SMILES string of the molecule is CN(Cc1nccn1CC(F)(F)F)c1ncnc2nc[nH]c12. The monoisotopic (exact) mass is 311 g/mol. The molecule has 0 spiro atoms. The molecule has 0 unspecified atom stereocenters. The first-order valence-corrected chi connectivity index (χ1v) is 6.36. The number of nitrogens with one attached hydrogen (secondary N) is 1. The zero-order valence-corrected chi connectivity index (χ0v) is 11.5. The van der Waals surface area contributed by atoms with E-state index in [9.17, 15) is 13.2 Å². The van der Waals surface area contributed by atoms with Gasteiger partial charge in [-0.2, -0.15) is 13.2 Å². The normalized spacial score (nSPS) is 12.0. The maximum absolute atomic E-state index is 12.5. The molecule has 0 atom stereocenters. The van der Waals surface area contributed by atoms with Gasteiger partial charge < -0.3 is 14.5 Å². The molecule has 0 saturated heterocycles. The van der Waals surface area contributed by atoms with Gasteiger partial charge in [0, 0.05) is 19.4 Å². The number of anilines is 1. The summed E-state index contributed by atoms with van der Waals surface area (Å²) in [7, 11) is 1.72. The number of alkyl halides is 3. The van der Waals surface area contributed by atoms with E-state index in [0.717, 1.165) is 4.57 Å². The molecular formula is C12H12F3N7. The minimum Gasteiger partial charge on any atom is -0.350 e. The molecule has 22 heavy (non-hydrogen) atoms. The van der Waals surface area contributed by atoms with Crippen LogP contribution in [-0.2, 0) is 13.1 Å². The molecule has 0 aromatic carbocycles. The zero-order chi connectivity index (χ0) is 15.7. The molecule has 0 bridgehead atoms. The summed E-state index contributed by atoms with van der Waals surface area (Å²) in [5, 5.41) is 0. The summed E-state index contributed by atoms with van der Waals surface area (Å²) in [5.41, 5.74) is 1.12. The van der Waals surface area contributed by atoms with Crippen LogP contribution < -0.4 is 4.90 Å². The first-order chi connectivity index (χ1) is 10.4. The maximum Gasteiger partial charge on any atom is 0.406 e. The number of H-pyrrole nitrogens is 1. The molecule has 3 heterocycles. The summed E-state index contributed by atoms with van der Waals surface area (Å²) in [6, 6.07) is 0. The molecule has 0 saturated carbocycles. The molecule has 3 aromatic heterocycles. The van der Waals surface area contributed by atoms with E-state index in [2.05, 4.69) is 24.9 Å². The highest BCUT2D eigenvalue weighted by atomic mass is 19.4. The summed E-state index contributed by atoms with van der Waals surface area (Å²) in [4.78, 5) is 20.8. The summed E-state index contributed by atoms with van der Waals surface area (Å²) in [6.45, 7) is -0.895. The number of halogens is 3. The lowest BCUT2D eigenvalue weighted by molar-refractivity contribution is -0.141. The van der Waals surface area contributed by atoms with Gasteiger partial charge in [0.2, 0.25) is 0 Å². The van der Waals surface area contributed by atoms with Crippen LogP contribution in [0.1, 0.15) is 5.82 Å². The third kappa shape index (κ3) is 2.85. The molecule has 0 amide bonds. The molecule has 1 N–H and O–H groups in total. The quantitative estimate of drug-likeness (QED) is 0.794. The standard InChI is InChI=1S/C12H12F3N7/c1-21(11-9-10(18-6-17-9)19-7-20-11)4-8-16-2-3-22(8)5-12(13,14)15/h2-3,6-7H,4-5H2,1H3,(H,17,18,19,20). The van der Waals surface area contributed by atoms with Crippen molar-refractivity contribution in [2.45, 2.75) is 19.3 Å². The number of imidazole rings is 2. The van der Waals surface area contributed by atoms with Crippen molar-refractivity contribution in [3.63, 3.8) is 0 Å². The van der Waals surface area contributed by atoms with Crippen LogP contribution >= 0.6 is 0 Å². The smallest absolute Gasteiger partial charge is 0.350 e. The van der Waals surface area contributed by atoms with E-state index < -0.39 is 12.7 Å².